The summed E-state index contributed by atoms with van der Waals surface area (Å²) in [7, 11) is 1.79. The van der Waals surface area contributed by atoms with E-state index in [1.807, 2.05) is 0 Å². The molecule has 0 aromatic heterocycles. The Morgan fingerprint density at radius 2 is 1.96 bits per heavy atom. The van der Waals surface area contributed by atoms with Gasteiger partial charge in [0.05, 0.1) is 18.8 Å². The van der Waals surface area contributed by atoms with Gasteiger partial charge in [-0.15, -0.1) is 0 Å². The quantitative estimate of drug-likeness (QED) is 0.668. The monoisotopic (exact) mass is 366 g/mol. The summed E-state index contributed by atoms with van der Waals surface area (Å²) < 4.78 is 11.9. The average Bonchev–Trinajstić information content (AvgIpc) is 3.01. The molecular weight excluding hydrogens is 332 g/mol. The second-order valence-corrected chi connectivity index (χ2v) is 9.86. The van der Waals surface area contributed by atoms with Crippen LogP contribution in [0.25, 0.3) is 0 Å². The van der Waals surface area contributed by atoms with E-state index in [0.717, 1.165) is 25.7 Å². The van der Waals surface area contributed by atoms with E-state index in [0.29, 0.717) is 5.92 Å². The molecule has 8 atom stereocenters. The Balaban J connectivity index is 1.87. The average molecular weight is 366 g/mol. The molecular formula is C21H34O5. The number of hydrogen-bond acceptors (Lipinski definition) is 5. The van der Waals surface area contributed by atoms with E-state index in [4.69, 9.17) is 9.47 Å². The number of ether oxygens (including phenoxy) is 2. The standard InChI is InChI=1S/C21H34O5/c1-11(2)16-15(25-5)9-19(3)6-7-20(4)13(17(16)19)8-14-12(10-22)18(23)21(20,24)26-14/h11-15,18,22-24H,6-10H2,1-5H3. The summed E-state index contributed by atoms with van der Waals surface area (Å²) >= 11 is 0. The van der Waals surface area contributed by atoms with Crippen LogP contribution < -0.4 is 0 Å². The lowest BCUT2D eigenvalue weighted by molar-refractivity contribution is -0.328. The van der Waals surface area contributed by atoms with Crippen molar-refractivity contribution in [3.05, 3.63) is 11.1 Å². The van der Waals surface area contributed by atoms with Crippen LogP contribution in [0.2, 0.25) is 0 Å². The second kappa shape index (κ2) is 5.77. The molecule has 0 amide bonds. The predicted octanol–water partition coefficient (Wildman–Crippen LogP) is 2.24. The van der Waals surface area contributed by atoms with Crippen molar-refractivity contribution in [3.63, 3.8) is 0 Å². The van der Waals surface area contributed by atoms with Gasteiger partial charge in [-0.2, -0.15) is 0 Å². The Morgan fingerprint density at radius 3 is 2.54 bits per heavy atom. The first kappa shape index (κ1) is 18.9. The summed E-state index contributed by atoms with van der Waals surface area (Å²) in [4.78, 5) is 0. The highest BCUT2D eigenvalue weighted by molar-refractivity contribution is 5.40. The fourth-order valence-corrected chi connectivity index (χ4v) is 6.76. The zero-order valence-corrected chi connectivity index (χ0v) is 16.7. The van der Waals surface area contributed by atoms with Gasteiger partial charge in [0.15, 0.2) is 5.79 Å². The summed E-state index contributed by atoms with van der Waals surface area (Å²) in [5.74, 6) is -1.48. The van der Waals surface area contributed by atoms with Crippen molar-refractivity contribution < 1.29 is 24.8 Å². The van der Waals surface area contributed by atoms with Crippen LogP contribution in [-0.4, -0.2) is 53.1 Å². The normalized spacial score (nSPS) is 53.2. The Morgan fingerprint density at radius 1 is 1.27 bits per heavy atom. The summed E-state index contributed by atoms with van der Waals surface area (Å²) in [6, 6.07) is 0. The van der Waals surface area contributed by atoms with E-state index in [2.05, 4.69) is 27.7 Å². The van der Waals surface area contributed by atoms with Gasteiger partial charge in [-0.25, -0.2) is 0 Å². The summed E-state index contributed by atoms with van der Waals surface area (Å²) in [6.45, 7) is 8.69. The van der Waals surface area contributed by atoms with Gasteiger partial charge < -0.3 is 24.8 Å². The smallest absolute Gasteiger partial charge is 0.198 e. The summed E-state index contributed by atoms with van der Waals surface area (Å²) in [6.07, 6.45) is 2.29. The number of rotatable bonds is 3. The van der Waals surface area contributed by atoms with Gasteiger partial charge in [0, 0.05) is 18.4 Å². The lowest BCUT2D eigenvalue weighted by atomic mass is 9.52. The van der Waals surface area contributed by atoms with Crippen LogP contribution in [-0.2, 0) is 9.47 Å². The first-order chi connectivity index (χ1) is 12.1. The molecule has 2 aliphatic heterocycles. The molecule has 0 aromatic rings. The van der Waals surface area contributed by atoms with E-state index >= 15 is 0 Å². The minimum Gasteiger partial charge on any atom is -0.396 e. The van der Waals surface area contributed by atoms with Crippen LogP contribution in [0, 0.1) is 28.6 Å². The van der Waals surface area contributed by atoms with Crippen LogP contribution in [0.4, 0.5) is 0 Å². The lowest BCUT2D eigenvalue weighted by Gasteiger charge is -2.58. The van der Waals surface area contributed by atoms with E-state index in [1.165, 1.54) is 11.1 Å². The molecule has 148 valence electrons. The number of methoxy groups -OCH3 is 1. The molecule has 0 radical (unpaired) electrons. The van der Waals surface area contributed by atoms with Gasteiger partial charge in [-0.05, 0) is 48.5 Å². The van der Waals surface area contributed by atoms with Crippen LogP contribution >= 0.6 is 0 Å². The van der Waals surface area contributed by atoms with Crippen LogP contribution in [0.15, 0.2) is 11.1 Å². The molecule has 5 heteroatoms. The molecule has 4 rings (SSSR count). The van der Waals surface area contributed by atoms with E-state index in [1.54, 1.807) is 7.11 Å². The fourth-order valence-electron chi connectivity index (χ4n) is 6.76. The first-order valence-electron chi connectivity index (χ1n) is 10.1. The third-order valence-corrected chi connectivity index (χ3v) is 8.28. The molecule has 2 saturated heterocycles. The number of aliphatic hydroxyl groups is 3. The van der Waals surface area contributed by atoms with Gasteiger partial charge in [0.2, 0.25) is 0 Å². The fraction of sp³-hybridized carbons (Fsp3) is 0.905. The highest BCUT2D eigenvalue weighted by atomic mass is 16.7. The van der Waals surface area contributed by atoms with E-state index < -0.39 is 23.2 Å². The van der Waals surface area contributed by atoms with Gasteiger partial charge >= 0.3 is 0 Å². The lowest BCUT2D eigenvalue weighted by Crippen LogP contribution is -2.62. The zero-order chi connectivity index (χ0) is 19.1. The third kappa shape index (κ3) is 2.10. The molecule has 2 heterocycles. The topological polar surface area (TPSA) is 79.2 Å². The number of aliphatic hydroxyl groups excluding tert-OH is 2. The molecule has 3 N–H and O–H groups in total. The van der Waals surface area contributed by atoms with E-state index in [9.17, 15) is 15.3 Å². The Labute approximate surface area is 156 Å². The second-order valence-electron chi connectivity index (χ2n) is 9.86. The zero-order valence-electron chi connectivity index (χ0n) is 16.7. The summed E-state index contributed by atoms with van der Waals surface area (Å²) in [5, 5.41) is 32.1. The SMILES string of the molecule is COC1CC2(C)CCC3(C)C(CC4OC3(O)C(O)C4CO)C2=C1C(C)C. The Hall–Kier alpha value is -0.460. The van der Waals surface area contributed by atoms with Crippen LogP contribution in [0.1, 0.15) is 53.4 Å². The Bertz CT molecular complexity index is 630. The highest BCUT2D eigenvalue weighted by Crippen LogP contribution is 2.68. The predicted molar refractivity (Wildman–Crippen MR) is 97.2 cm³/mol. The molecule has 1 saturated carbocycles. The number of allylic oxidation sites excluding steroid dienone is 1. The highest BCUT2D eigenvalue weighted by Gasteiger charge is 2.71. The van der Waals surface area contributed by atoms with Crippen molar-refractivity contribution in [2.75, 3.05) is 13.7 Å². The molecule has 5 nitrogen and oxygen atoms in total. The maximum atomic E-state index is 11.5. The van der Waals surface area contributed by atoms with Crippen molar-refractivity contribution in [2.24, 2.45) is 28.6 Å². The minimum atomic E-state index is -1.59. The van der Waals surface area contributed by atoms with Crippen molar-refractivity contribution in [3.8, 4) is 0 Å². The number of hydrogen-bond donors (Lipinski definition) is 3. The molecule has 4 aliphatic rings. The van der Waals surface area contributed by atoms with Crippen molar-refractivity contribution in [2.45, 2.75) is 77.5 Å². The maximum absolute atomic E-state index is 11.5. The van der Waals surface area contributed by atoms with Crippen LogP contribution in [0.3, 0.4) is 0 Å². The van der Waals surface area contributed by atoms with Gasteiger partial charge in [-0.1, -0.05) is 33.3 Å². The molecule has 2 aliphatic carbocycles. The van der Waals surface area contributed by atoms with Gasteiger partial charge in [0.25, 0.3) is 0 Å². The van der Waals surface area contributed by atoms with Gasteiger partial charge in [0.1, 0.15) is 6.10 Å². The molecule has 3 fully saturated rings. The first-order valence-corrected chi connectivity index (χ1v) is 10.1. The van der Waals surface area contributed by atoms with Crippen molar-refractivity contribution in [1.29, 1.82) is 0 Å². The maximum Gasteiger partial charge on any atom is 0.198 e. The largest absolute Gasteiger partial charge is 0.396 e. The summed E-state index contributed by atoms with van der Waals surface area (Å²) in [5.41, 5.74) is 2.35. The van der Waals surface area contributed by atoms with E-state index in [-0.39, 0.29) is 30.1 Å². The van der Waals surface area contributed by atoms with Gasteiger partial charge in [-0.3, -0.25) is 0 Å². The molecule has 0 spiro atoms. The third-order valence-electron chi connectivity index (χ3n) is 8.28. The van der Waals surface area contributed by atoms with Crippen LogP contribution in [0.5, 0.6) is 0 Å². The molecule has 8 unspecified atom stereocenters. The molecule has 26 heavy (non-hydrogen) atoms. The number of fused-ring (bicyclic) bond motifs is 6. The molecule has 0 aromatic carbocycles. The molecule has 2 bridgehead atoms. The van der Waals surface area contributed by atoms with Crippen molar-refractivity contribution in [1.82, 2.24) is 0 Å². The minimum absolute atomic E-state index is 0.0806. The van der Waals surface area contributed by atoms with Crippen molar-refractivity contribution >= 4 is 0 Å². The Kier molecular flexibility index (Phi) is 4.19.